The van der Waals surface area contributed by atoms with Gasteiger partial charge in [0.15, 0.2) is 18.1 Å². The molecule has 2 aliphatic heterocycles. The fourth-order valence-electron chi connectivity index (χ4n) is 4.81. The number of thioether (sulfide) groups is 1. The first kappa shape index (κ1) is 29.7. The summed E-state index contributed by atoms with van der Waals surface area (Å²) in [6, 6.07) is 22.4. The summed E-state index contributed by atoms with van der Waals surface area (Å²) in [5.74, 6) is -0.377. The molecule has 2 saturated heterocycles. The molecule has 222 valence electrons. The van der Waals surface area contributed by atoms with Crippen molar-refractivity contribution in [3.8, 4) is 11.5 Å². The Labute approximate surface area is 254 Å². The number of aryl methyl sites for hydroxylation is 1. The van der Waals surface area contributed by atoms with E-state index in [2.05, 4.69) is 10.2 Å². The lowest BCUT2D eigenvalue weighted by Crippen LogP contribution is -2.51. The van der Waals surface area contributed by atoms with Crippen molar-refractivity contribution in [3.63, 3.8) is 0 Å². The van der Waals surface area contributed by atoms with Gasteiger partial charge in [-0.15, -0.1) is 0 Å². The summed E-state index contributed by atoms with van der Waals surface area (Å²) >= 11 is 0.791. The average Bonchev–Trinajstić information content (AvgIpc) is 3.29. The summed E-state index contributed by atoms with van der Waals surface area (Å²) < 4.78 is 11.1. The number of amides is 4. The molecule has 2 heterocycles. The number of anilines is 2. The molecule has 0 radical (unpaired) electrons. The maximum absolute atomic E-state index is 13.1. The topological polar surface area (TPSA) is 108 Å². The second kappa shape index (κ2) is 13.5. The summed E-state index contributed by atoms with van der Waals surface area (Å²) in [6.45, 7) is 3.77. The van der Waals surface area contributed by atoms with Crippen molar-refractivity contribution >= 4 is 52.2 Å². The Morgan fingerprint density at radius 1 is 0.930 bits per heavy atom. The van der Waals surface area contributed by atoms with Gasteiger partial charge in [-0.2, -0.15) is 0 Å². The molecule has 0 atom stereocenters. The maximum Gasteiger partial charge on any atom is 0.294 e. The van der Waals surface area contributed by atoms with Gasteiger partial charge in [0.25, 0.3) is 17.1 Å². The Kier molecular flexibility index (Phi) is 9.31. The number of imide groups is 1. The van der Waals surface area contributed by atoms with E-state index in [0.717, 1.165) is 27.9 Å². The van der Waals surface area contributed by atoms with Crippen LogP contribution in [0.4, 0.5) is 16.2 Å². The van der Waals surface area contributed by atoms with Gasteiger partial charge in [0.2, 0.25) is 5.91 Å². The summed E-state index contributed by atoms with van der Waals surface area (Å²) in [5.41, 5.74) is 3.35. The van der Waals surface area contributed by atoms with Crippen LogP contribution in [0.3, 0.4) is 0 Å². The largest absolute Gasteiger partial charge is 0.493 e. The van der Waals surface area contributed by atoms with Gasteiger partial charge in [-0.1, -0.05) is 42.5 Å². The van der Waals surface area contributed by atoms with Crippen LogP contribution in [0.1, 0.15) is 11.1 Å². The molecular formula is C32H32N4O6S. The molecule has 3 aromatic rings. The number of methoxy groups -OCH3 is 1. The van der Waals surface area contributed by atoms with Crippen molar-refractivity contribution in [2.45, 2.75) is 6.92 Å². The minimum absolute atomic E-state index is 0.208. The highest BCUT2D eigenvalue weighted by Crippen LogP contribution is 2.34. The van der Waals surface area contributed by atoms with E-state index in [1.54, 1.807) is 29.2 Å². The fourth-order valence-corrected chi connectivity index (χ4v) is 5.65. The lowest BCUT2D eigenvalue weighted by molar-refractivity contribution is -0.136. The lowest BCUT2D eigenvalue weighted by atomic mass is 10.2. The normalized spacial score (nSPS) is 16.0. The van der Waals surface area contributed by atoms with E-state index in [-0.39, 0.29) is 29.9 Å². The van der Waals surface area contributed by atoms with E-state index >= 15 is 0 Å². The molecule has 2 fully saturated rings. The molecular weight excluding hydrogens is 568 g/mol. The Morgan fingerprint density at radius 3 is 2.37 bits per heavy atom. The third-order valence-corrected chi connectivity index (χ3v) is 8.09. The summed E-state index contributed by atoms with van der Waals surface area (Å²) in [5, 5.41) is 2.33. The monoisotopic (exact) mass is 600 g/mol. The average molecular weight is 601 g/mol. The van der Waals surface area contributed by atoms with Gasteiger partial charge >= 0.3 is 0 Å². The Bertz CT molecular complexity index is 1550. The lowest BCUT2D eigenvalue weighted by Gasteiger charge is -2.36. The van der Waals surface area contributed by atoms with Crippen LogP contribution in [0, 0.1) is 6.92 Å². The molecule has 11 heteroatoms. The van der Waals surface area contributed by atoms with E-state index in [9.17, 15) is 19.2 Å². The van der Waals surface area contributed by atoms with Gasteiger partial charge in [-0.3, -0.25) is 24.1 Å². The first-order valence-electron chi connectivity index (χ1n) is 13.8. The third-order valence-electron chi connectivity index (χ3n) is 7.18. The number of nitrogens with one attached hydrogen (secondary N) is 1. The number of hydrogen-bond donors (Lipinski definition) is 1. The van der Waals surface area contributed by atoms with Gasteiger partial charge in [0.05, 0.1) is 12.0 Å². The van der Waals surface area contributed by atoms with Crippen molar-refractivity contribution in [2.24, 2.45) is 0 Å². The number of nitrogens with zero attached hydrogens (tertiary/aromatic N) is 3. The molecule has 0 aromatic heterocycles. The molecule has 0 spiro atoms. The van der Waals surface area contributed by atoms with Crippen molar-refractivity contribution in [1.29, 1.82) is 0 Å². The highest BCUT2D eigenvalue weighted by molar-refractivity contribution is 8.18. The highest BCUT2D eigenvalue weighted by atomic mass is 32.2. The maximum atomic E-state index is 13.1. The van der Waals surface area contributed by atoms with Gasteiger partial charge in [-0.05, 0) is 66.2 Å². The predicted molar refractivity (Wildman–Crippen MR) is 166 cm³/mol. The van der Waals surface area contributed by atoms with Crippen LogP contribution >= 0.6 is 11.8 Å². The summed E-state index contributed by atoms with van der Waals surface area (Å²) in [7, 11) is 1.47. The van der Waals surface area contributed by atoms with Crippen LogP contribution in [0.5, 0.6) is 11.5 Å². The van der Waals surface area contributed by atoms with Crippen molar-refractivity contribution in [3.05, 3.63) is 88.8 Å². The zero-order chi connectivity index (χ0) is 30.3. The smallest absolute Gasteiger partial charge is 0.294 e. The molecule has 43 heavy (non-hydrogen) atoms. The Hall–Kier alpha value is -4.77. The molecule has 10 nitrogen and oxygen atoms in total. The van der Waals surface area contributed by atoms with E-state index < -0.39 is 11.1 Å². The van der Waals surface area contributed by atoms with Crippen LogP contribution in [0.15, 0.2) is 77.7 Å². The minimum atomic E-state index is -0.515. The number of carbonyl (C=O) groups is 4. The zero-order valence-corrected chi connectivity index (χ0v) is 24.8. The quantitative estimate of drug-likeness (QED) is 0.360. The van der Waals surface area contributed by atoms with Crippen molar-refractivity contribution < 1.29 is 28.7 Å². The minimum Gasteiger partial charge on any atom is -0.493 e. The number of ether oxygens (including phenoxy) is 2. The Balaban J connectivity index is 1.17. The van der Waals surface area contributed by atoms with E-state index in [1.165, 1.54) is 7.11 Å². The Morgan fingerprint density at radius 2 is 1.65 bits per heavy atom. The molecule has 5 rings (SSSR count). The van der Waals surface area contributed by atoms with Crippen molar-refractivity contribution in [1.82, 2.24) is 9.80 Å². The van der Waals surface area contributed by atoms with Crippen LogP contribution in [-0.2, 0) is 14.4 Å². The summed E-state index contributed by atoms with van der Waals surface area (Å²) in [4.78, 5) is 56.2. The van der Waals surface area contributed by atoms with Crippen LogP contribution in [0.25, 0.3) is 6.08 Å². The molecule has 0 saturated carbocycles. The number of carbonyl (C=O) groups excluding carboxylic acids is 4. The molecule has 2 aliphatic rings. The molecule has 0 unspecified atom stereocenters. The summed E-state index contributed by atoms with van der Waals surface area (Å²) in [6.07, 6.45) is 1.57. The number of rotatable bonds is 9. The fraction of sp³-hybridized carbons (Fsp3) is 0.250. The first-order valence-corrected chi connectivity index (χ1v) is 14.6. The highest BCUT2D eigenvalue weighted by Gasteiger charge is 2.37. The van der Waals surface area contributed by atoms with Gasteiger partial charge < -0.3 is 24.6 Å². The molecule has 4 amide bonds. The zero-order valence-electron chi connectivity index (χ0n) is 23.9. The second-order valence-electron chi connectivity index (χ2n) is 10.0. The number of piperazine rings is 1. The number of benzene rings is 3. The van der Waals surface area contributed by atoms with Gasteiger partial charge in [0.1, 0.15) is 6.54 Å². The first-order chi connectivity index (χ1) is 20.8. The predicted octanol–water partition coefficient (Wildman–Crippen LogP) is 4.41. The molecule has 3 aromatic carbocycles. The third kappa shape index (κ3) is 7.18. The van der Waals surface area contributed by atoms with Crippen LogP contribution in [0.2, 0.25) is 0 Å². The van der Waals surface area contributed by atoms with E-state index in [4.69, 9.17) is 9.47 Å². The van der Waals surface area contributed by atoms with Gasteiger partial charge in [0, 0.05) is 37.6 Å². The van der Waals surface area contributed by atoms with Crippen LogP contribution < -0.4 is 19.7 Å². The molecule has 0 aliphatic carbocycles. The van der Waals surface area contributed by atoms with Crippen LogP contribution in [-0.4, -0.2) is 79.2 Å². The van der Waals surface area contributed by atoms with Gasteiger partial charge in [-0.25, -0.2) is 0 Å². The standard InChI is InChI=1S/C32H32N4O6S/c1-22-8-6-7-11-25(22)33-29(37)21-42-26-13-12-23(18-27(26)41-2)19-28-31(39)36(32(40)43-28)20-30(38)35-16-14-34(15-17-35)24-9-4-3-5-10-24/h3-13,18-19H,14-17,20-21H2,1-2H3,(H,33,37)/b28-19-. The molecule has 1 N–H and O–H groups in total. The van der Waals surface area contributed by atoms with E-state index in [0.29, 0.717) is 48.9 Å². The SMILES string of the molecule is COc1cc(/C=C2\SC(=O)N(CC(=O)N3CCN(c4ccccc4)CC3)C2=O)ccc1OCC(=O)Nc1ccccc1C. The number of hydrogen-bond acceptors (Lipinski definition) is 8. The second-order valence-corrected chi connectivity index (χ2v) is 11.0. The number of para-hydroxylation sites is 2. The van der Waals surface area contributed by atoms with E-state index in [1.807, 2.05) is 61.5 Å². The molecule has 0 bridgehead atoms. The van der Waals surface area contributed by atoms with Crippen molar-refractivity contribution in [2.75, 3.05) is 56.7 Å².